The monoisotopic (exact) mass is 342 g/mol. The molecule has 110 valence electrons. The number of rotatable bonds is 5. The highest BCUT2D eigenvalue weighted by atomic mass is 79.9. The van der Waals surface area contributed by atoms with Crippen molar-refractivity contribution in [2.24, 2.45) is 11.8 Å². The first kappa shape index (κ1) is 15.2. The fraction of sp³-hybridized carbons (Fsp3) is 0.643. The first-order valence-corrected chi connectivity index (χ1v) is 7.75. The zero-order chi connectivity index (χ0) is 14.7. The van der Waals surface area contributed by atoms with Gasteiger partial charge < -0.3 is 5.32 Å². The van der Waals surface area contributed by atoms with Crippen molar-refractivity contribution in [3.63, 3.8) is 0 Å². The van der Waals surface area contributed by atoms with Gasteiger partial charge in [-0.15, -0.1) is 0 Å². The molecule has 20 heavy (non-hydrogen) atoms. The van der Waals surface area contributed by atoms with Crippen molar-refractivity contribution in [2.45, 2.75) is 32.1 Å². The summed E-state index contributed by atoms with van der Waals surface area (Å²) in [6.45, 7) is 4.16. The van der Waals surface area contributed by atoms with E-state index in [9.17, 15) is 14.4 Å². The topological polar surface area (TPSA) is 66.5 Å². The summed E-state index contributed by atoms with van der Waals surface area (Å²) in [4.78, 5) is 37.3. The number of carbonyl (C=O) groups excluding carboxylic acids is 3. The molecule has 0 radical (unpaired) electrons. The van der Waals surface area contributed by atoms with Gasteiger partial charge in [-0.25, -0.2) is 0 Å². The number of nitrogens with zero attached hydrogens (tertiary/aromatic N) is 1. The minimum absolute atomic E-state index is 0.0857. The van der Waals surface area contributed by atoms with Gasteiger partial charge >= 0.3 is 0 Å². The number of imide groups is 1. The standard InChI is InChI=1S/C14H19BrN2O3/c1-9(15)8-16-12(18)6-7-17-13(19)10-4-2-3-5-11(10)14(17)20/h10-11H,1-8H2,(H,16,18). The van der Waals surface area contributed by atoms with E-state index >= 15 is 0 Å². The number of halogens is 1. The lowest BCUT2D eigenvalue weighted by molar-refractivity contribution is -0.140. The number of fused-ring (bicyclic) bond motifs is 1. The highest BCUT2D eigenvalue weighted by Gasteiger charge is 2.47. The molecule has 2 fully saturated rings. The molecule has 0 aromatic carbocycles. The first-order chi connectivity index (χ1) is 9.50. The van der Waals surface area contributed by atoms with Crippen LogP contribution in [-0.4, -0.2) is 35.7 Å². The molecular weight excluding hydrogens is 324 g/mol. The third-order valence-corrected chi connectivity index (χ3v) is 4.25. The SMILES string of the molecule is C=C(Br)CNC(=O)CCN1C(=O)C2CCCCC2C1=O. The van der Waals surface area contributed by atoms with Gasteiger partial charge in [0.15, 0.2) is 0 Å². The van der Waals surface area contributed by atoms with E-state index < -0.39 is 0 Å². The van der Waals surface area contributed by atoms with Crippen molar-refractivity contribution < 1.29 is 14.4 Å². The number of likely N-dealkylation sites (tertiary alicyclic amines) is 1. The van der Waals surface area contributed by atoms with Crippen LogP contribution in [0, 0.1) is 11.8 Å². The van der Waals surface area contributed by atoms with Gasteiger partial charge in [-0.3, -0.25) is 19.3 Å². The van der Waals surface area contributed by atoms with E-state index in [1.54, 1.807) is 0 Å². The van der Waals surface area contributed by atoms with Gasteiger partial charge in [-0.05, 0) is 12.8 Å². The molecule has 1 N–H and O–H groups in total. The summed E-state index contributed by atoms with van der Waals surface area (Å²) in [5, 5.41) is 2.66. The second kappa shape index (κ2) is 6.52. The van der Waals surface area contributed by atoms with Crippen molar-refractivity contribution in [1.29, 1.82) is 0 Å². The smallest absolute Gasteiger partial charge is 0.233 e. The molecule has 0 spiro atoms. The van der Waals surface area contributed by atoms with E-state index in [1.165, 1.54) is 4.90 Å². The Labute approximate surface area is 126 Å². The molecule has 5 nitrogen and oxygen atoms in total. The van der Waals surface area contributed by atoms with Crippen molar-refractivity contribution in [2.75, 3.05) is 13.1 Å². The first-order valence-electron chi connectivity index (χ1n) is 6.96. The fourth-order valence-electron chi connectivity index (χ4n) is 2.95. The molecule has 1 aliphatic heterocycles. The fourth-order valence-corrected chi connectivity index (χ4v) is 3.09. The second-order valence-electron chi connectivity index (χ2n) is 5.37. The lowest BCUT2D eigenvalue weighted by Crippen LogP contribution is -2.35. The Kier molecular flexibility index (Phi) is 4.96. The van der Waals surface area contributed by atoms with E-state index in [2.05, 4.69) is 27.8 Å². The van der Waals surface area contributed by atoms with Crippen molar-refractivity contribution >= 4 is 33.7 Å². The van der Waals surface area contributed by atoms with Crippen LogP contribution >= 0.6 is 15.9 Å². The second-order valence-corrected chi connectivity index (χ2v) is 6.49. The van der Waals surface area contributed by atoms with Crippen LogP contribution < -0.4 is 5.32 Å². The predicted octanol–water partition coefficient (Wildman–Crippen LogP) is 1.58. The number of amides is 3. The molecule has 0 aromatic heterocycles. The summed E-state index contributed by atoms with van der Waals surface area (Å²) in [6, 6.07) is 0. The van der Waals surface area contributed by atoms with Crippen LogP contribution in [0.5, 0.6) is 0 Å². The zero-order valence-corrected chi connectivity index (χ0v) is 12.9. The lowest BCUT2D eigenvalue weighted by Gasteiger charge is -2.19. The Hall–Kier alpha value is -1.17. The van der Waals surface area contributed by atoms with Crippen molar-refractivity contribution in [3.8, 4) is 0 Å². The molecule has 1 aliphatic carbocycles. The number of hydrogen-bond donors (Lipinski definition) is 1. The largest absolute Gasteiger partial charge is 0.351 e. The molecular formula is C14H19BrN2O3. The van der Waals surface area contributed by atoms with E-state index in [1.807, 2.05) is 0 Å². The molecule has 2 rings (SSSR count). The molecule has 1 saturated carbocycles. The van der Waals surface area contributed by atoms with Crippen LogP contribution in [0.3, 0.4) is 0 Å². The Morgan fingerprint density at radius 2 is 1.80 bits per heavy atom. The number of hydrogen-bond acceptors (Lipinski definition) is 3. The molecule has 1 heterocycles. The van der Waals surface area contributed by atoms with Crippen molar-refractivity contribution in [3.05, 3.63) is 11.1 Å². The molecule has 0 bridgehead atoms. The molecule has 3 amide bonds. The van der Waals surface area contributed by atoms with E-state index in [0.717, 1.165) is 25.7 Å². The summed E-state index contributed by atoms with van der Waals surface area (Å²) in [7, 11) is 0. The van der Waals surface area contributed by atoms with Gasteiger partial charge in [0.25, 0.3) is 0 Å². The van der Waals surface area contributed by atoms with Gasteiger partial charge in [-0.1, -0.05) is 35.4 Å². The van der Waals surface area contributed by atoms with Crippen molar-refractivity contribution in [1.82, 2.24) is 10.2 Å². The summed E-state index contributed by atoms with van der Waals surface area (Å²) < 4.78 is 0.685. The van der Waals surface area contributed by atoms with Crippen LogP contribution in [0.2, 0.25) is 0 Å². The third kappa shape index (κ3) is 3.29. The predicted molar refractivity (Wildman–Crippen MR) is 77.9 cm³/mol. The van der Waals surface area contributed by atoms with Crippen LogP contribution in [0.25, 0.3) is 0 Å². The van der Waals surface area contributed by atoms with E-state index in [0.29, 0.717) is 11.0 Å². The molecule has 0 aromatic rings. The average Bonchev–Trinajstić information content (AvgIpc) is 2.67. The zero-order valence-electron chi connectivity index (χ0n) is 11.4. The highest BCUT2D eigenvalue weighted by Crippen LogP contribution is 2.37. The summed E-state index contributed by atoms with van der Waals surface area (Å²) in [5.41, 5.74) is 0. The van der Waals surface area contributed by atoms with Gasteiger partial charge in [0, 0.05) is 24.0 Å². The van der Waals surface area contributed by atoms with Gasteiger partial charge in [0.1, 0.15) is 0 Å². The van der Waals surface area contributed by atoms with Gasteiger partial charge in [0.05, 0.1) is 11.8 Å². The van der Waals surface area contributed by atoms with E-state index in [4.69, 9.17) is 0 Å². The summed E-state index contributed by atoms with van der Waals surface area (Å²) in [6.07, 6.45) is 3.80. The van der Waals surface area contributed by atoms with Crippen LogP contribution in [0.4, 0.5) is 0 Å². The Bertz CT molecular complexity index is 426. The molecule has 2 atom stereocenters. The normalized spacial score (nSPS) is 25.6. The molecule has 2 unspecified atom stereocenters. The Morgan fingerprint density at radius 1 is 1.25 bits per heavy atom. The quantitative estimate of drug-likeness (QED) is 0.771. The minimum atomic E-state index is -0.180. The average molecular weight is 343 g/mol. The molecule has 1 saturated heterocycles. The minimum Gasteiger partial charge on any atom is -0.351 e. The van der Waals surface area contributed by atoms with Crippen LogP contribution in [0.1, 0.15) is 32.1 Å². The van der Waals surface area contributed by atoms with Crippen LogP contribution in [-0.2, 0) is 14.4 Å². The molecule has 6 heteroatoms. The van der Waals surface area contributed by atoms with Gasteiger partial charge in [-0.2, -0.15) is 0 Å². The molecule has 2 aliphatic rings. The van der Waals surface area contributed by atoms with Crippen LogP contribution in [0.15, 0.2) is 11.1 Å². The Balaban J connectivity index is 1.86. The lowest BCUT2D eigenvalue weighted by atomic mass is 9.81. The van der Waals surface area contributed by atoms with Gasteiger partial charge in [0.2, 0.25) is 17.7 Å². The highest BCUT2D eigenvalue weighted by molar-refractivity contribution is 9.11. The number of nitrogens with one attached hydrogen (secondary N) is 1. The number of carbonyl (C=O) groups is 3. The summed E-state index contributed by atoms with van der Waals surface area (Å²) >= 11 is 3.15. The van der Waals surface area contributed by atoms with E-state index in [-0.39, 0.29) is 42.5 Å². The maximum Gasteiger partial charge on any atom is 0.233 e. The summed E-state index contributed by atoms with van der Waals surface area (Å²) in [5.74, 6) is -0.626. The Morgan fingerprint density at radius 3 is 2.30 bits per heavy atom. The third-order valence-electron chi connectivity index (χ3n) is 3.97. The maximum atomic E-state index is 12.2. The maximum absolute atomic E-state index is 12.2.